The van der Waals surface area contributed by atoms with Crippen molar-refractivity contribution in [1.82, 2.24) is 20.2 Å². The third-order valence-corrected chi connectivity index (χ3v) is 5.89. The molecular formula is C23H22N4O3S. The first kappa shape index (κ1) is 20.8. The Hall–Kier alpha value is -3.49. The quantitative estimate of drug-likeness (QED) is 0.417. The number of thiazole rings is 1. The predicted molar refractivity (Wildman–Crippen MR) is 120 cm³/mol. The maximum Gasteiger partial charge on any atom is 0.251 e. The molecule has 0 fully saturated rings. The van der Waals surface area contributed by atoms with Crippen LogP contribution in [-0.2, 0) is 4.79 Å². The van der Waals surface area contributed by atoms with Gasteiger partial charge in [-0.3, -0.25) is 9.59 Å². The molecule has 4 rings (SSSR count). The van der Waals surface area contributed by atoms with Crippen molar-refractivity contribution in [2.75, 3.05) is 6.54 Å². The number of carbonyl (C=O) groups is 2. The zero-order valence-corrected chi connectivity index (χ0v) is 17.7. The van der Waals surface area contributed by atoms with Crippen LogP contribution in [0.15, 0.2) is 73.1 Å². The van der Waals surface area contributed by atoms with Gasteiger partial charge in [-0.15, -0.1) is 0 Å². The van der Waals surface area contributed by atoms with Gasteiger partial charge in [-0.05, 0) is 42.8 Å². The third-order valence-electron chi connectivity index (χ3n) is 4.86. The lowest BCUT2D eigenvalue weighted by atomic mass is 10.1. The minimum absolute atomic E-state index is 0.0675. The SMILES string of the molecule is C[C@H](NC(=O)c1ccc2nc(-n3cccc3)sc2c1)C(=O)NCC(O)c1ccccc1. The molecule has 0 aliphatic heterocycles. The molecule has 0 saturated carbocycles. The van der Waals surface area contributed by atoms with Gasteiger partial charge >= 0.3 is 0 Å². The molecule has 0 saturated heterocycles. The Morgan fingerprint density at radius 3 is 2.58 bits per heavy atom. The number of carbonyl (C=O) groups excluding carboxylic acids is 2. The molecule has 2 atom stereocenters. The molecule has 3 N–H and O–H groups in total. The van der Waals surface area contributed by atoms with Gasteiger partial charge in [-0.2, -0.15) is 0 Å². The maximum absolute atomic E-state index is 12.6. The number of nitrogens with zero attached hydrogens (tertiary/aromatic N) is 2. The van der Waals surface area contributed by atoms with E-state index in [1.807, 2.05) is 47.3 Å². The van der Waals surface area contributed by atoms with Gasteiger partial charge in [0.05, 0.1) is 16.3 Å². The lowest BCUT2D eigenvalue weighted by Crippen LogP contribution is -2.45. The maximum atomic E-state index is 12.6. The van der Waals surface area contributed by atoms with E-state index in [4.69, 9.17) is 0 Å². The van der Waals surface area contributed by atoms with Gasteiger partial charge < -0.3 is 20.3 Å². The normalized spacial score (nSPS) is 13.0. The van der Waals surface area contributed by atoms with E-state index < -0.39 is 12.1 Å². The van der Waals surface area contributed by atoms with Crippen molar-refractivity contribution in [3.63, 3.8) is 0 Å². The molecule has 0 spiro atoms. The van der Waals surface area contributed by atoms with E-state index in [0.717, 1.165) is 20.9 Å². The zero-order valence-electron chi connectivity index (χ0n) is 16.9. The molecule has 158 valence electrons. The summed E-state index contributed by atoms with van der Waals surface area (Å²) in [5, 5.41) is 16.4. The fourth-order valence-electron chi connectivity index (χ4n) is 3.12. The zero-order chi connectivity index (χ0) is 21.8. The highest BCUT2D eigenvalue weighted by Crippen LogP contribution is 2.26. The van der Waals surface area contributed by atoms with Crippen LogP contribution in [0, 0.1) is 0 Å². The summed E-state index contributed by atoms with van der Waals surface area (Å²) >= 11 is 1.49. The van der Waals surface area contributed by atoms with Crippen molar-refractivity contribution in [2.45, 2.75) is 19.1 Å². The van der Waals surface area contributed by atoms with E-state index in [2.05, 4.69) is 15.6 Å². The number of hydrogen-bond donors (Lipinski definition) is 3. The standard InChI is InChI=1S/C23H22N4O3S/c1-15(21(29)24-14-19(28)16-7-3-2-4-8-16)25-22(30)17-9-10-18-20(13-17)31-23(26-18)27-11-5-6-12-27/h2-13,15,19,28H,14H2,1H3,(H,24,29)(H,25,30)/t15-,19?/m0/s1. The molecule has 2 aromatic carbocycles. The lowest BCUT2D eigenvalue weighted by Gasteiger charge is -2.16. The number of rotatable bonds is 7. The third kappa shape index (κ3) is 4.82. The van der Waals surface area contributed by atoms with Gasteiger partial charge in [-0.1, -0.05) is 41.7 Å². The molecule has 0 bridgehead atoms. The van der Waals surface area contributed by atoms with Crippen LogP contribution in [0.25, 0.3) is 15.3 Å². The number of benzene rings is 2. The van der Waals surface area contributed by atoms with Crippen molar-refractivity contribution >= 4 is 33.4 Å². The van der Waals surface area contributed by atoms with E-state index in [1.54, 1.807) is 37.3 Å². The summed E-state index contributed by atoms with van der Waals surface area (Å²) in [6.07, 6.45) is 3.03. The number of aromatic nitrogens is 2. The van der Waals surface area contributed by atoms with Crippen LogP contribution < -0.4 is 10.6 Å². The average molecular weight is 435 g/mol. The minimum atomic E-state index is -0.809. The summed E-state index contributed by atoms with van der Waals surface area (Å²) in [5.74, 6) is -0.707. The van der Waals surface area contributed by atoms with Crippen LogP contribution in [0.2, 0.25) is 0 Å². The molecule has 0 radical (unpaired) electrons. The molecule has 1 unspecified atom stereocenters. The average Bonchev–Trinajstić information content (AvgIpc) is 3.46. The Morgan fingerprint density at radius 2 is 1.84 bits per heavy atom. The van der Waals surface area contributed by atoms with Crippen molar-refractivity contribution in [3.05, 3.63) is 84.2 Å². The van der Waals surface area contributed by atoms with Gasteiger partial charge in [0.25, 0.3) is 5.91 Å². The number of hydrogen-bond acceptors (Lipinski definition) is 5. The molecular weight excluding hydrogens is 412 g/mol. The number of fused-ring (bicyclic) bond motifs is 1. The summed E-state index contributed by atoms with van der Waals surface area (Å²) in [6.45, 7) is 1.68. The first-order chi connectivity index (χ1) is 15.0. The summed E-state index contributed by atoms with van der Waals surface area (Å²) in [6, 6.07) is 17.5. The van der Waals surface area contributed by atoms with Gasteiger partial charge in [0.1, 0.15) is 6.04 Å². The second kappa shape index (κ2) is 9.11. The van der Waals surface area contributed by atoms with E-state index >= 15 is 0 Å². The largest absolute Gasteiger partial charge is 0.387 e. The molecule has 8 heteroatoms. The summed E-state index contributed by atoms with van der Waals surface area (Å²) in [4.78, 5) is 29.6. The summed E-state index contributed by atoms with van der Waals surface area (Å²) < 4.78 is 2.81. The highest BCUT2D eigenvalue weighted by atomic mass is 32.1. The fraction of sp³-hybridized carbons (Fsp3) is 0.174. The molecule has 31 heavy (non-hydrogen) atoms. The topological polar surface area (TPSA) is 96.2 Å². The smallest absolute Gasteiger partial charge is 0.251 e. The van der Waals surface area contributed by atoms with Crippen LogP contribution >= 0.6 is 11.3 Å². The van der Waals surface area contributed by atoms with Gasteiger partial charge in [0.15, 0.2) is 5.13 Å². The highest BCUT2D eigenvalue weighted by molar-refractivity contribution is 7.20. The van der Waals surface area contributed by atoms with Crippen LogP contribution in [-0.4, -0.2) is 39.1 Å². The van der Waals surface area contributed by atoms with Crippen molar-refractivity contribution in [3.8, 4) is 5.13 Å². The van der Waals surface area contributed by atoms with Crippen LogP contribution in [0.4, 0.5) is 0 Å². The van der Waals surface area contributed by atoms with E-state index in [0.29, 0.717) is 5.56 Å². The number of amides is 2. The van der Waals surface area contributed by atoms with E-state index in [-0.39, 0.29) is 18.4 Å². The monoisotopic (exact) mass is 434 g/mol. The number of aliphatic hydroxyl groups is 1. The van der Waals surface area contributed by atoms with Crippen LogP contribution in [0.5, 0.6) is 0 Å². The fourth-order valence-corrected chi connectivity index (χ4v) is 4.09. The Kier molecular flexibility index (Phi) is 6.11. The van der Waals surface area contributed by atoms with E-state index in [1.165, 1.54) is 11.3 Å². The Morgan fingerprint density at radius 1 is 1.10 bits per heavy atom. The summed E-state index contributed by atoms with van der Waals surface area (Å²) in [7, 11) is 0. The first-order valence-corrected chi connectivity index (χ1v) is 10.7. The Bertz CT molecular complexity index is 1190. The Balaban J connectivity index is 1.36. The molecule has 0 aliphatic carbocycles. The molecule has 0 aliphatic rings. The van der Waals surface area contributed by atoms with Gasteiger partial charge in [0, 0.05) is 24.5 Å². The molecule has 4 aromatic rings. The molecule has 2 heterocycles. The second-order valence-electron chi connectivity index (χ2n) is 7.14. The van der Waals surface area contributed by atoms with Crippen LogP contribution in [0.1, 0.15) is 28.9 Å². The van der Waals surface area contributed by atoms with Gasteiger partial charge in [-0.25, -0.2) is 4.98 Å². The Labute approximate surface area is 183 Å². The van der Waals surface area contributed by atoms with Gasteiger partial charge in [0.2, 0.25) is 5.91 Å². The summed E-state index contributed by atoms with van der Waals surface area (Å²) in [5.41, 5.74) is 1.99. The van der Waals surface area contributed by atoms with E-state index in [9.17, 15) is 14.7 Å². The van der Waals surface area contributed by atoms with Crippen LogP contribution in [0.3, 0.4) is 0 Å². The first-order valence-electron chi connectivity index (χ1n) is 9.87. The second-order valence-corrected chi connectivity index (χ2v) is 8.15. The minimum Gasteiger partial charge on any atom is -0.387 e. The lowest BCUT2D eigenvalue weighted by molar-refractivity contribution is -0.123. The predicted octanol–water partition coefficient (Wildman–Crippen LogP) is 3.06. The molecule has 2 aromatic heterocycles. The molecule has 7 nitrogen and oxygen atoms in total. The molecule has 2 amide bonds. The number of nitrogens with one attached hydrogen (secondary N) is 2. The highest BCUT2D eigenvalue weighted by Gasteiger charge is 2.18. The van der Waals surface area contributed by atoms with Crippen molar-refractivity contribution in [1.29, 1.82) is 0 Å². The number of aliphatic hydroxyl groups excluding tert-OH is 1. The van der Waals surface area contributed by atoms with Crippen molar-refractivity contribution in [2.24, 2.45) is 0 Å². The van der Waals surface area contributed by atoms with Crippen molar-refractivity contribution < 1.29 is 14.7 Å².